The van der Waals surface area contributed by atoms with E-state index in [0.717, 1.165) is 11.1 Å². The predicted molar refractivity (Wildman–Crippen MR) is 167 cm³/mol. The third-order valence-corrected chi connectivity index (χ3v) is 8.71. The van der Waals surface area contributed by atoms with Gasteiger partial charge in [0.2, 0.25) is 11.8 Å². The van der Waals surface area contributed by atoms with Gasteiger partial charge in [-0.15, -0.1) is 11.8 Å². The number of carbonyl (C=O) groups is 4. The zero-order valence-corrected chi connectivity index (χ0v) is 25.8. The minimum absolute atomic E-state index is 0.0178. The number of nitrogens with zero attached hydrogens (tertiary/aromatic N) is 1. The van der Waals surface area contributed by atoms with Gasteiger partial charge in [0.25, 0.3) is 5.91 Å². The number of carbonyl (C=O) groups excluding carboxylic acids is 4. The topological polar surface area (TPSA) is 114 Å². The summed E-state index contributed by atoms with van der Waals surface area (Å²) in [6.45, 7) is 5.28. The number of β-lactam (4-membered cyclic amide) rings is 1. The number of nitrogens with one attached hydrogen (secondary N) is 2. The Morgan fingerprint density at radius 3 is 1.89 bits per heavy atom. The van der Waals surface area contributed by atoms with Crippen LogP contribution in [0.3, 0.4) is 0 Å². The second-order valence-electron chi connectivity index (χ2n) is 11.5. The first-order valence-electron chi connectivity index (χ1n) is 14.3. The fourth-order valence-corrected chi connectivity index (χ4v) is 6.33. The van der Waals surface area contributed by atoms with Gasteiger partial charge < -0.3 is 20.1 Å². The average Bonchev–Trinajstić information content (AvgIpc) is 3.04. The fourth-order valence-electron chi connectivity index (χ4n) is 5.01. The number of hydrogen-bond donors (Lipinski definition) is 2. The summed E-state index contributed by atoms with van der Waals surface area (Å²) >= 11 is 1.37. The number of esters is 1. The highest BCUT2D eigenvalue weighted by Gasteiger charge is 2.55. The Hall–Kier alpha value is -4.57. The fraction of sp³-hybridized carbons (Fsp3) is 0.294. The molecule has 5 rings (SSSR count). The van der Waals surface area contributed by atoms with Crippen molar-refractivity contribution in [3.63, 3.8) is 0 Å². The summed E-state index contributed by atoms with van der Waals surface area (Å²) in [5.74, 6) is -1.39. The minimum Gasteiger partial charge on any atom is -0.498 e. The number of fused-ring (bicyclic) bond motifs is 1. The van der Waals surface area contributed by atoms with Crippen LogP contribution in [-0.4, -0.2) is 52.9 Å². The van der Waals surface area contributed by atoms with Crippen LogP contribution in [0.1, 0.15) is 49.6 Å². The maximum absolute atomic E-state index is 13.8. The molecule has 0 aromatic heterocycles. The van der Waals surface area contributed by atoms with Gasteiger partial charge >= 0.3 is 5.97 Å². The maximum atomic E-state index is 13.8. The smallest absolute Gasteiger partial charge is 0.359 e. The van der Waals surface area contributed by atoms with E-state index in [1.807, 2.05) is 66.7 Å². The molecule has 0 saturated carbocycles. The summed E-state index contributed by atoms with van der Waals surface area (Å²) in [5, 5.41) is 5.09. The standard InChI is InChI=1S/C34H35N3O6S/c1-34(2,3)33(41)36-25(21-14-8-5-9-15-21)29(38)35-26-30(39)37-27(24(42-4)20-44-31(26)37)32(40)43-28(22-16-10-6-11-17-22)23-18-12-7-13-19-23/h5-19,25-26,28,31H,20H2,1-4H3,(H,35,38)(H,36,41)/t25?,26-,31+/m1/s1. The lowest BCUT2D eigenvalue weighted by atomic mass is 9.94. The first-order valence-corrected chi connectivity index (χ1v) is 15.3. The number of rotatable bonds is 9. The van der Waals surface area contributed by atoms with E-state index < -0.39 is 46.8 Å². The molecular weight excluding hydrogens is 578 g/mol. The summed E-state index contributed by atoms with van der Waals surface area (Å²) < 4.78 is 11.6. The van der Waals surface area contributed by atoms with Gasteiger partial charge in [-0.1, -0.05) is 112 Å². The van der Waals surface area contributed by atoms with E-state index in [0.29, 0.717) is 17.1 Å². The zero-order chi connectivity index (χ0) is 31.4. The Bertz CT molecular complexity index is 1520. The molecule has 2 N–H and O–H groups in total. The van der Waals surface area contributed by atoms with E-state index in [-0.39, 0.29) is 11.6 Å². The molecule has 1 unspecified atom stereocenters. The van der Waals surface area contributed by atoms with Gasteiger partial charge in [0.1, 0.15) is 23.2 Å². The molecule has 228 valence electrons. The first kappa shape index (κ1) is 30.9. The second kappa shape index (κ2) is 13.0. The van der Waals surface area contributed by atoms with E-state index in [1.165, 1.54) is 23.8 Å². The van der Waals surface area contributed by atoms with Crippen molar-refractivity contribution in [3.8, 4) is 0 Å². The number of hydrogen-bond acceptors (Lipinski definition) is 7. The monoisotopic (exact) mass is 613 g/mol. The Kier molecular flexibility index (Phi) is 9.10. The lowest BCUT2D eigenvalue weighted by Gasteiger charge is -2.49. The number of thioether (sulfide) groups is 1. The minimum atomic E-state index is -1.01. The highest BCUT2D eigenvalue weighted by Crippen LogP contribution is 2.42. The summed E-state index contributed by atoms with van der Waals surface area (Å²) in [5.41, 5.74) is 1.42. The summed E-state index contributed by atoms with van der Waals surface area (Å²) in [7, 11) is 1.45. The Morgan fingerprint density at radius 2 is 1.39 bits per heavy atom. The predicted octanol–water partition coefficient (Wildman–Crippen LogP) is 4.48. The largest absolute Gasteiger partial charge is 0.498 e. The van der Waals surface area contributed by atoms with Crippen LogP contribution in [0.25, 0.3) is 0 Å². The second-order valence-corrected chi connectivity index (χ2v) is 12.7. The molecule has 0 spiro atoms. The van der Waals surface area contributed by atoms with E-state index in [4.69, 9.17) is 9.47 Å². The van der Waals surface area contributed by atoms with Crippen molar-refractivity contribution in [2.75, 3.05) is 12.9 Å². The van der Waals surface area contributed by atoms with E-state index in [1.54, 1.807) is 45.0 Å². The molecule has 3 amide bonds. The number of ether oxygens (including phenoxy) is 2. The van der Waals surface area contributed by atoms with Crippen molar-refractivity contribution >= 4 is 35.5 Å². The molecule has 0 aliphatic carbocycles. The molecule has 2 aliphatic heterocycles. The van der Waals surface area contributed by atoms with E-state index in [2.05, 4.69) is 10.6 Å². The number of amides is 3. The Labute approximate surface area is 261 Å². The molecule has 9 nitrogen and oxygen atoms in total. The van der Waals surface area contributed by atoms with Crippen molar-refractivity contribution < 1.29 is 28.7 Å². The van der Waals surface area contributed by atoms with Crippen LogP contribution in [0, 0.1) is 5.41 Å². The van der Waals surface area contributed by atoms with Crippen molar-refractivity contribution in [1.29, 1.82) is 0 Å². The Balaban J connectivity index is 1.37. The van der Waals surface area contributed by atoms with E-state index >= 15 is 0 Å². The highest BCUT2D eigenvalue weighted by molar-refractivity contribution is 8.00. The van der Waals surface area contributed by atoms with E-state index in [9.17, 15) is 19.2 Å². The van der Waals surface area contributed by atoms with Crippen molar-refractivity contribution in [2.24, 2.45) is 5.41 Å². The number of benzene rings is 3. The molecule has 44 heavy (non-hydrogen) atoms. The molecule has 0 radical (unpaired) electrons. The maximum Gasteiger partial charge on any atom is 0.359 e. The molecule has 1 fully saturated rings. The molecule has 10 heteroatoms. The third-order valence-electron chi connectivity index (χ3n) is 7.45. The van der Waals surface area contributed by atoms with Crippen LogP contribution in [0.4, 0.5) is 0 Å². The van der Waals surface area contributed by atoms with Gasteiger partial charge in [-0.2, -0.15) is 0 Å². The summed E-state index contributed by atoms with van der Waals surface area (Å²) in [4.78, 5) is 55.2. The van der Waals surface area contributed by atoms with Gasteiger partial charge in [0, 0.05) is 5.41 Å². The summed E-state index contributed by atoms with van der Waals surface area (Å²) in [6, 6.07) is 25.7. The van der Waals surface area contributed by atoms with Crippen LogP contribution in [0.5, 0.6) is 0 Å². The van der Waals surface area contributed by atoms with Gasteiger partial charge in [-0.3, -0.25) is 19.3 Å². The van der Waals surface area contributed by atoms with Gasteiger partial charge in [0.05, 0.1) is 12.9 Å². The van der Waals surface area contributed by atoms with Crippen LogP contribution in [-0.2, 0) is 28.7 Å². The van der Waals surface area contributed by atoms with Crippen LogP contribution >= 0.6 is 11.8 Å². The van der Waals surface area contributed by atoms with Crippen molar-refractivity contribution in [2.45, 2.75) is 44.3 Å². The molecular formula is C34H35N3O6S. The SMILES string of the molecule is COC1=C(C(=O)OC(c2ccccc2)c2ccccc2)N2C(=O)[C@@H](NC(=O)C(NC(=O)C(C)(C)C)c3ccccc3)[C@@H]2SC1. The quantitative estimate of drug-likeness (QED) is 0.270. The van der Waals surface area contributed by atoms with Gasteiger partial charge in [-0.05, 0) is 16.7 Å². The highest BCUT2D eigenvalue weighted by atomic mass is 32.2. The van der Waals surface area contributed by atoms with Gasteiger partial charge in [-0.25, -0.2) is 4.79 Å². The molecule has 3 aromatic rings. The van der Waals surface area contributed by atoms with Crippen LogP contribution in [0.15, 0.2) is 102 Å². The van der Waals surface area contributed by atoms with Crippen LogP contribution < -0.4 is 10.6 Å². The summed E-state index contributed by atoms with van der Waals surface area (Å²) in [6.07, 6.45) is -0.714. The molecule has 1 saturated heterocycles. The average molecular weight is 614 g/mol. The molecule has 3 aromatic carbocycles. The van der Waals surface area contributed by atoms with Gasteiger partial charge in [0.15, 0.2) is 11.8 Å². The molecule has 3 atom stereocenters. The first-order chi connectivity index (χ1) is 21.1. The Morgan fingerprint density at radius 1 is 0.864 bits per heavy atom. The zero-order valence-electron chi connectivity index (χ0n) is 25.0. The van der Waals surface area contributed by atoms with Crippen molar-refractivity contribution in [3.05, 3.63) is 119 Å². The molecule has 0 bridgehead atoms. The number of methoxy groups -OCH3 is 1. The lowest BCUT2D eigenvalue weighted by molar-refractivity contribution is -0.155. The lowest BCUT2D eigenvalue weighted by Crippen LogP contribution is -2.71. The van der Waals surface area contributed by atoms with Crippen molar-refractivity contribution in [1.82, 2.24) is 15.5 Å². The third kappa shape index (κ3) is 6.35. The molecule has 2 heterocycles. The molecule has 2 aliphatic rings. The normalized spacial score (nSPS) is 18.6. The van der Waals surface area contributed by atoms with Crippen LogP contribution in [0.2, 0.25) is 0 Å².